The maximum atomic E-state index is 12.6. The van der Waals surface area contributed by atoms with Gasteiger partial charge in [0.05, 0.1) is 19.8 Å². The van der Waals surface area contributed by atoms with Gasteiger partial charge in [-0.1, -0.05) is 18.2 Å². The third kappa shape index (κ3) is 5.08. The topological polar surface area (TPSA) is 70.7 Å². The molecule has 3 rings (SSSR count). The molecule has 0 unspecified atom stereocenters. The molecule has 1 fully saturated rings. The molecule has 0 saturated carbocycles. The second kappa shape index (κ2) is 8.68. The molecule has 0 aromatic heterocycles. The zero-order chi connectivity index (χ0) is 19.2. The summed E-state index contributed by atoms with van der Waals surface area (Å²) >= 11 is 0. The van der Waals surface area contributed by atoms with E-state index in [-0.39, 0.29) is 18.4 Å². The van der Waals surface area contributed by atoms with Gasteiger partial charge in [-0.05, 0) is 49.2 Å². The minimum atomic E-state index is -0.131. The van der Waals surface area contributed by atoms with Crippen molar-refractivity contribution in [1.29, 1.82) is 0 Å². The van der Waals surface area contributed by atoms with Gasteiger partial charge in [0, 0.05) is 30.0 Å². The van der Waals surface area contributed by atoms with Crippen LogP contribution in [0.4, 0.5) is 11.4 Å². The molecule has 27 heavy (non-hydrogen) atoms. The number of nitrogens with zero attached hydrogens (tertiary/aromatic N) is 1. The fraction of sp³-hybridized carbons (Fsp3) is 0.333. The van der Waals surface area contributed by atoms with Crippen LogP contribution in [0.15, 0.2) is 42.5 Å². The lowest BCUT2D eigenvalue weighted by Crippen LogP contribution is -2.40. The Morgan fingerprint density at radius 1 is 1.07 bits per heavy atom. The van der Waals surface area contributed by atoms with Crippen LogP contribution < -0.4 is 10.6 Å². The summed E-state index contributed by atoms with van der Waals surface area (Å²) in [7, 11) is 0. The van der Waals surface area contributed by atoms with E-state index in [1.807, 2.05) is 44.2 Å². The first-order valence-electron chi connectivity index (χ1n) is 9.11. The highest BCUT2D eigenvalue weighted by Crippen LogP contribution is 2.17. The molecule has 2 N–H and O–H groups in total. The van der Waals surface area contributed by atoms with Crippen LogP contribution in [0.5, 0.6) is 0 Å². The fourth-order valence-corrected chi connectivity index (χ4v) is 2.96. The van der Waals surface area contributed by atoms with Crippen molar-refractivity contribution in [2.45, 2.75) is 13.8 Å². The van der Waals surface area contributed by atoms with Crippen molar-refractivity contribution in [3.05, 3.63) is 59.2 Å². The molecule has 1 aliphatic heterocycles. The summed E-state index contributed by atoms with van der Waals surface area (Å²) < 4.78 is 5.29. The molecule has 0 spiro atoms. The molecule has 1 aliphatic rings. The highest BCUT2D eigenvalue weighted by molar-refractivity contribution is 5.96. The lowest BCUT2D eigenvalue weighted by atomic mass is 10.1. The standard InChI is InChI=1S/C21H25N3O3/c1-15-6-7-16(2)19(12-15)23-20(25)14-22-18-5-3-4-17(13-18)21(26)24-8-10-27-11-9-24/h3-7,12-13,22H,8-11,14H2,1-2H3,(H,23,25). The summed E-state index contributed by atoms with van der Waals surface area (Å²) in [6.45, 7) is 6.43. The Bertz CT molecular complexity index is 829. The number of nitrogens with one attached hydrogen (secondary N) is 2. The summed E-state index contributed by atoms with van der Waals surface area (Å²) in [5, 5.41) is 6.01. The van der Waals surface area contributed by atoms with Crippen molar-refractivity contribution in [3.63, 3.8) is 0 Å². The molecule has 0 bridgehead atoms. The normalized spacial score (nSPS) is 13.9. The zero-order valence-electron chi connectivity index (χ0n) is 15.7. The number of anilines is 2. The summed E-state index contributed by atoms with van der Waals surface area (Å²) in [4.78, 5) is 26.6. The number of carbonyl (C=O) groups is 2. The van der Waals surface area contributed by atoms with Crippen molar-refractivity contribution in [2.24, 2.45) is 0 Å². The fourth-order valence-electron chi connectivity index (χ4n) is 2.96. The number of aryl methyl sites for hydroxylation is 2. The van der Waals surface area contributed by atoms with Crippen molar-refractivity contribution >= 4 is 23.2 Å². The van der Waals surface area contributed by atoms with Crippen LogP contribution in [-0.4, -0.2) is 49.6 Å². The number of ether oxygens (including phenoxy) is 1. The predicted octanol–water partition coefficient (Wildman–Crippen LogP) is 2.83. The SMILES string of the molecule is Cc1ccc(C)c(NC(=O)CNc2cccc(C(=O)N3CCOCC3)c2)c1. The first-order chi connectivity index (χ1) is 13.0. The van der Waals surface area contributed by atoms with E-state index in [1.165, 1.54) is 0 Å². The minimum absolute atomic E-state index is 0.0122. The van der Waals surface area contributed by atoms with E-state index in [4.69, 9.17) is 4.74 Å². The average molecular weight is 367 g/mol. The maximum absolute atomic E-state index is 12.6. The zero-order valence-corrected chi connectivity index (χ0v) is 15.7. The van der Waals surface area contributed by atoms with E-state index >= 15 is 0 Å². The van der Waals surface area contributed by atoms with Crippen LogP contribution in [0.3, 0.4) is 0 Å². The molecule has 142 valence electrons. The largest absolute Gasteiger partial charge is 0.378 e. The number of hydrogen-bond donors (Lipinski definition) is 2. The highest BCUT2D eigenvalue weighted by atomic mass is 16.5. The number of amides is 2. The van der Waals surface area contributed by atoms with Gasteiger partial charge in [-0.2, -0.15) is 0 Å². The number of hydrogen-bond acceptors (Lipinski definition) is 4. The Hall–Kier alpha value is -2.86. The molecule has 0 radical (unpaired) electrons. The lowest BCUT2D eigenvalue weighted by molar-refractivity contribution is -0.114. The van der Waals surface area contributed by atoms with E-state index in [1.54, 1.807) is 17.0 Å². The van der Waals surface area contributed by atoms with Gasteiger partial charge in [-0.15, -0.1) is 0 Å². The van der Waals surface area contributed by atoms with Crippen LogP contribution in [0.2, 0.25) is 0 Å². The van der Waals surface area contributed by atoms with Crippen LogP contribution in [-0.2, 0) is 9.53 Å². The lowest BCUT2D eigenvalue weighted by Gasteiger charge is -2.27. The first-order valence-corrected chi connectivity index (χ1v) is 9.11. The van der Waals surface area contributed by atoms with Crippen LogP contribution in [0.1, 0.15) is 21.5 Å². The number of morpholine rings is 1. The van der Waals surface area contributed by atoms with E-state index < -0.39 is 0 Å². The van der Waals surface area contributed by atoms with E-state index in [9.17, 15) is 9.59 Å². The van der Waals surface area contributed by atoms with Gasteiger partial charge < -0.3 is 20.3 Å². The van der Waals surface area contributed by atoms with Gasteiger partial charge in [0.2, 0.25) is 5.91 Å². The smallest absolute Gasteiger partial charge is 0.254 e. The minimum Gasteiger partial charge on any atom is -0.378 e. The van der Waals surface area contributed by atoms with Crippen LogP contribution in [0, 0.1) is 13.8 Å². The van der Waals surface area contributed by atoms with E-state index in [0.29, 0.717) is 31.9 Å². The van der Waals surface area contributed by atoms with Gasteiger partial charge in [0.1, 0.15) is 0 Å². The Morgan fingerprint density at radius 3 is 2.63 bits per heavy atom. The quantitative estimate of drug-likeness (QED) is 0.853. The van der Waals surface area contributed by atoms with E-state index in [0.717, 1.165) is 22.5 Å². The summed E-state index contributed by atoms with van der Waals surface area (Å²) in [5.41, 5.74) is 4.28. The molecule has 1 saturated heterocycles. The molecule has 2 aromatic rings. The van der Waals surface area contributed by atoms with Crippen molar-refractivity contribution in [1.82, 2.24) is 4.90 Å². The second-order valence-corrected chi connectivity index (χ2v) is 6.71. The molecular weight excluding hydrogens is 342 g/mol. The van der Waals surface area contributed by atoms with Crippen LogP contribution in [0.25, 0.3) is 0 Å². The predicted molar refractivity (Wildman–Crippen MR) is 106 cm³/mol. The summed E-state index contributed by atoms with van der Waals surface area (Å²) in [6.07, 6.45) is 0. The van der Waals surface area contributed by atoms with Gasteiger partial charge >= 0.3 is 0 Å². The first kappa shape index (κ1) is 18.9. The van der Waals surface area contributed by atoms with Gasteiger partial charge in [0.25, 0.3) is 5.91 Å². The summed E-state index contributed by atoms with van der Waals surface area (Å²) in [5.74, 6) is -0.143. The number of rotatable bonds is 5. The third-order valence-corrected chi connectivity index (χ3v) is 4.53. The molecule has 0 aliphatic carbocycles. The van der Waals surface area contributed by atoms with Gasteiger partial charge in [-0.3, -0.25) is 9.59 Å². The highest BCUT2D eigenvalue weighted by Gasteiger charge is 2.18. The number of carbonyl (C=O) groups excluding carboxylic acids is 2. The second-order valence-electron chi connectivity index (χ2n) is 6.71. The summed E-state index contributed by atoms with van der Waals surface area (Å²) in [6, 6.07) is 13.2. The Morgan fingerprint density at radius 2 is 1.85 bits per heavy atom. The van der Waals surface area contributed by atoms with E-state index in [2.05, 4.69) is 10.6 Å². The molecule has 6 nitrogen and oxygen atoms in total. The number of benzene rings is 2. The Balaban J connectivity index is 1.58. The van der Waals surface area contributed by atoms with Crippen molar-refractivity contribution < 1.29 is 14.3 Å². The molecule has 1 heterocycles. The molecule has 6 heteroatoms. The van der Waals surface area contributed by atoms with Crippen molar-refractivity contribution in [2.75, 3.05) is 43.5 Å². The molecule has 2 amide bonds. The Kier molecular flexibility index (Phi) is 6.08. The molecule has 2 aromatic carbocycles. The van der Waals surface area contributed by atoms with Crippen LogP contribution >= 0.6 is 0 Å². The molecular formula is C21H25N3O3. The van der Waals surface area contributed by atoms with Gasteiger partial charge in [-0.25, -0.2) is 0 Å². The maximum Gasteiger partial charge on any atom is 0.254 e. The molecule has 0 atom stereocenters. The van der Waals surface area contributed by atoms with Crippen molar-refractivity contribution in [3.8, 4) is 0 Å². The van der Waals surface area contributed by atoms with Gasteiger partial charge in [0.15, 0.2) is 0 Å². The monoisotopic (exact) mass is 367 g/mol. The average Bonchev–Trinajstić information content (AvgIpc) is 2.69. The Labute approximate surface area is 159 Å². The third-order valence-electron chi connectivity index (χ3n) is 4.53.